The molecule has 0 unspecified atom stereocenters. The largest absolute Gasteiger partial charge is 0.351 e. The van der Waals surface area contributed by atoms with E-state index in [2.05, 4.69) is 10.0 Å². The van der Waals surface area contributed by atoms with E-state index in [0.717, 1.165) is 0 Å². The molecule has 8 nitrogen and oxygen atoms in total. The average molecular weight is 286 g/mol. The number of urea groups is 2. The molecule has 0 aliphatic carbocycles. The molecule has 0 saturated carbocycles. The lowest BCUT2D eigenvalue weighted by Crippen LogP contribution is -2.38. The minimum Gasteiger partial charge on any atom is -0.351 e. The minimum atomic E-state index is -3.53. The van der Waals surface area contributed by atoms with E-state index in [1.165, 1.54) is 24.3 Å². The van der Waals surface area contributed by atoms with Gasteiger partial charge in [-0.15, -0.1) is 0 Å². The maximum atomic E-state index is 11.6. The van der Waals surface area contributed by atoms with Crippen molar-refractivity contribution in [3.05, 3.63) is 24.3 Å². The van der Waals surface area contributed by atoms with Gasteiger partial charge < -0.3 is 11.1 Å². The molecule has 1 rings (SSSR count). The number of carbonyl (C=O) groups is 2. The molecular formula is C10H14N4O4S. The van der Waals surface area contributed by atoms with Crippen molar-refractivity contribution >= 4 is 27.8 Å². The van der Waals surface area contributed by atoms with E-state index in [4.69, 9.17) is 5.73 Å². The van der Waals surface area contributed by atoms with Crippen LogP contribution < -0.4 is 21.1 Å². The number of rotatable bonds is 4. The van der Waals surface area contributed by atoms with Crippen LogP contribution in [0, 0.1) is 0 Å². The summed E-state index contributed by atoms with van der Waals surface area (Å²) >= 11 is 0. The zero-order chi connectivity index (χ0) is 14.5. The molecule has 0 heterocycles. The maximum absolute atomic E-state index is 11.6. The van der Waals surface area contributed by atoms with E-state index in [-0.39, 0.29) is 11.4 Å². The summed E-state index contributed by atoms with van der Waals surface area (Å²) in [6.45, 7) is 1.95. The van der Waals surface area contributed by atoms with Crippen molar-refractivity contribution in [3.8, 4) is 0 Å². The van der Waals surface area contributed by atoms with Gasteiger partial charge in [0.1, 0.15) is 0 Å². The number of imide groups is 1. The number of amides is 4. The van der Waals surface area contributed by atoms with Gasteiger partial charge in [0.25, 0.3) is 0 Å². The van der Waals surface area contributed by atoms with Crippen molar-refractivity contribution in [2.24, 2.45) is 5.73 Å². The van der Waals surface area contributed by atoms with Crippen LogP contribution in [-0.2, 0) is 10.0 Å². The van der Waals surface area contributed by atoms with E-state index in [1.807, 2.05) is 5.32 Å². The van der Waals surface area contributed by atoms with E-state index in [1.54, 1.807) is 6.92 Å². The summed E-state index contributed by atoms with van der Waals surface area (Å²) < 4.78 is 25.6. The lowest BCUT2D eigenvalue weighted by atomic mass is 10.3. The van der Waals surface area contributed by atoms with Crippen LogP contribution >= 0.6 is 0 Å². The van der Waals surface area contributed by atoms with Gasteiger partial charge in [0.05, 0.1) is 4.90 Å². The molecule has 0 bridgehead atoms. The summed E-state index contributed by atoms with van der Waals surface area (Å²) in [4.78, 5) is 21.7. The van der Waals surface area contributed by atoms with Gasteiger partial charge in [-0.05, 0) is 24.3 Å². The summed E-state index contributed by atoms with van der Waals surface area (Å²) in [6.07, 6.45) is 0. The van der Waals surface area contributed by atoms with Gasteiger partial charge in [-0.25, -0.2) is 22.7 Å². The number of carbonyl (C=O) groups excluding carboxylic acids is 2. The second-order valence-electron chi connectivity index (χ2n) is 3.47. The van der Waals surface area contributed by atoms with Gasteiger partial charge in [-0.1, -0.05) is 6.92 Å². The first-order valence-corrected chi connectivity index (χ1v) is 6.80. The zero-order valence-electron chi connectivity index (χ0n) is 10.1. The number of primary amides is 1. The number of anilines is 1. The number of hydrogen-bond donors (Lipinski definition) is 4. The standard InChI is InChI=1S/C10H14N4O4S/c1-2-12-19(17,18)8-5-3-7(4-6-8)13-10(16)14-9(11)15/h3-6,12H,2H2,1H3,(H4,11,13,14,15,16). The highest BCUT2D eigenvalue weighted by molar-refractivity contribution is 7.89. The van der Waals surface area contributed by atoms with E-state index >= 15 is 0 Å². The molecular weight excluding hydrogens is 272 g/mol. The highest BCUT2D eigenvalue weighted by Gasteiger charge is 2.12. The Balaban J connectivity index is 2.77. The smallest absolute Gasteiger partial charge is 0.327 e. The Morgan fingerprint density at radius 1 is 1.21 bits per heavy atom. The number of benzene rings is 1. The molecule has 104 valence electrons. The molecule has 0 aliphatic rings. The van der Waals surface area contributed by atoms with Crippen LogP contribution in [0.25, 0.3) is 0 Å². The first-order valence-electron chi connectivity index (χ1n) is 5.32. The summed E-state index contributed by atoms with van der Waals surface area (Å²) in [5, 5.41) is 4.13. The summed E-state index contributed by atoms with van der Waals surface area (Å²) in [5.41, 5.74) is 5.09. The third-order valence-electron chi connectivity index (χ3n) is 1.99. The van der Waals surface area contributed by atoms with Gasteiger partial charge >= 0.3 is 12.1 Å². The lowest BCUT2D eigenvalue weighted by molar-refractivity contribution is 0.238. The van der Waals surface area contributed by atoms with Crippen LogP contribution in [0.5, 0.6) is 0 Å². The van der Waals surface area contributed by atoms with E-state index < -0.39 is 22.1 Å². The van der Waals surface area contributed by atoms with Gasteiger partial charge in [0, 0.05) is 12.2 Å². The fourth-order valence-corrected chi connectivity index (χ4v) is 2.31. The normalized spacial score (nSPS) is 10.8. The van der Waals surface area contributed by atoms with Crippen LogP contribution in [-0.4, -0.2) is 27.0 Å². The minimum absolute atomic E-state index is 0.0789. The molecule has 9 heteroatoms. The van der Waals surface area contributed by atoms with E-state index in [9.17, 15) is 18.0 Å². The molecule has 5 N–H and O–H groups in total. The van der Waals surface area contributed by atoms with Crippen molar-refractivity contribution in [1.82, 2.24) is 10.0 Å². The quantitative estimate of drug-likeness (QED) is 0.629. The molecule has 0 aliphatic heterocycles. The molecule has 0 saturated heterocycles. The Labute approximate surface area is 110 Å². The Kier molecular flexibility index (Phi) is 4.84. The topological polar surface area (TPSA) is 130 Å². The fourth-order valence-electron chi connectivity index (χ4n) is 1.27. The SMILES string of the molecule is CCNS(=O)(=O)c1ccc(NC(=O)NC(N)=O)cc1. The van der Waals surface area contributed by atoms with Gasteiger partial charge in [-0.3, -0.25) is 5.32 Å². The predicted octanol–water partition coefficient (Wildman–Crippen LogP) is 0.185. The fraction of sp³-hybridized carbons (Fsp3) is 0.200. The highest BCUT2D eigenvalue weighted by Crippen LogP contribution is 2.13. The summed E-state index contributed by atoms with van der Waals surface area (Å²) in [5.74, 6) is 0. The molecule has 0 fully saturated rings. The van der Waals surface area contributed by atoms with Gasteiger partial charge in [-0.2, -0.15) is 0 Å². The van der Waals surface area contributed by atoms with Crippen LogP contribution in [0.3, 0.4) is 0 Å². The summed E-state index contributed by atoms with van der Waals surface area (Å²) in [6, 6.07) is 3.67. The first kappa shape index (κ1) is 14.9. The third-order valence-corrected chi connectivity index (χ3v) is 3.56. The van der Waals surface area contributed by atoms with Crippen molar-refractivity contribution in [1.29, 1.82) is 0 Å². The first-order chi connectivity index (χ1) is 8.85. The Morgan fingerprint density at radius 2 is 1.79 bits per heavy atom. The molecule has 0 radical (unpaired) electrons. The van der Waals surface area contributed by atoms with Crippen molar-refractivity contribution < 1.29 is 18.0 Å². The van der Waals surface area contributed by atoms with Gasteiger partial charge in [0.15, 0.2) is 0 Å². The lowest BCUT2D eigenvalue weighted by Gasteiger charge is -2.07. The molecule has 0 atom stereocenters. The van der Waals surface area contributed by atoms with Gasteiger partial charge in [0.2, 0.25) is 10.0 Å². The second kappa shape index (κ2) is 6.16. The maximum Gasteiger partial charge on any atom is 0.327 e. The zero-order valence-corrected chi connectivity index (χ0v) is 11.0. The average Bonchev–Trinajstić information content (AvgIpc) is 2.28. The summed E-state index contributed by atoms with van der Waals surface area (Å²) in [7, 11) is -3.53. The second-order valence-corrected chi connectivity index (χ2v) is 5.24. The van der Waals surface area contributed by atoms with Crippen LogP contribution in [0.15, 0.2) is 29.2 Å². The van der Waals surface area contributed by atoms with Crippen LogP contribution in [0.1, 0.15) is 6.92 Å². The Hall–Kier alpha value is -2.13. The predicted molar refractivity (Wildman–Crippen MR) is 69.0 cm³/mol. The Morgan fingerprint density at radius 3 is 2.26 bits per heavy atom. The molecule has 0 aromatic heterocycles. The number of nitrogens with one attached hydrogen (secondary N) is 3. The Bertz CT molecular complexity index is 568. The molecule has 4 amide bonds. The highest BCUT2D eigenvalue weighted by atomic mass is 32.2. The monoisotopic (exact) mass is 286 g/mol. The van der Waals surface area contributed by atoms with Crippen molar-refractivity contribution in [3.63, 3.8) is 0 Å². The number of hydrogen-bond acceptors (Lipinski definition) is 4. The molecule has 1 aromatic rings. The van der Waals surface area contributed by atoms with E-state index in [0.29, 0.717) is 5.69 Å². The third kappa shape index (κ3) is 4.56. The molecule has 1 aromatic carbocycles. The number of sulfonamides is 1. The molecule has 0 spiro atoms. The number of nitrogens with two attached hydrogens (primary N) is 1. The van der Waals surface area contributed by atoms with Crippen LogP contribution in [0.2, 0.25) is 0 Å². The molecule has 19 heavy (non-hydrogen) atoms. The van der Waals surface area contributed by atoms with Crippen LogP contribution in [0.4, 0.5) is 15.3 Å². The van der Waals surface area contributed by atoms with Crippen molar-refractivity contribution in [2.45, 2.75) is 11.8 Å². The van der Waals surface area contributed by atoms with Crippen molar-refractivity contribution in [2.75, 3.05) is 11.9 Å².